The summed E-state index contributed by atoms with van der Waals surface area (Å²) in [5.41, 5.74) is -1.10. The molecule has 2 aliphatic rings. The summed E-state index contributed by atoms with van der Waals surface area (Å²) in [7, 11) is 0. The second kappa shape index (κ2) is 8.63. The minimum Gasteiger partial charge on any atom is -0.445 e. The fraction of sp³-hybridized carbons (Fsp3) is 0.591. The lowest BCUT2D eigenvalue weighted by atomic mass is 9.77. The Morgan fingerprint density at radius 3 is 2.33 bits per heavy atom. The first-order valence-electron chi connectivity index (χ1n) is 10.3. The first-order chi connectivity index (χ1) is 14.1. The highest BCUT2D eigenvalue weighted by Gasteiger charge is 2.55. The molecule has 1 aliphatic carbocycles. The number of aliphatic hydroxyl groups is 1. The van der Waals surface area contributed by atoms with Crippen molar-refractivity contribution >= 4 is 18.1 Å². The van der Waals surface area contributed by atoms with Crippen molar-refractivity contribution in [3.63, 3.8) is 0 Å². The van der Waals surface area contributed by atoms with Gasteiger partial charge in [0, 0.05) is 13.1 Å². The molecule has 1 heterocycles. The molecule has 164 valence electrons. The zero-order chi connectivity index (χ0) is 21.9. The average molecular weight is 418 g/mol. The number of carbonyl (C=O) groups excluding carboxylic acids is 3. The fourth-order valence-corrected chi connectivity index (χ4v) is 4.00. The average Bonchev–Trinajstić information content (AvgIpc) is 2.69. The van der Waals surface area contributed by atoms with Gasteiger partial charge >= 0.3 is 12.2 Å². The van der Waals surface area contributed by atoms with E-state index >= 15 is 0 Å². The number of benzene rings is 1. The number of carbonyl (C=O) groups is 3. The van der Waals surface area contributed by atoms with Gasteiger partial charge < -0.3 is 14.6 Å². The van der Waals surface area contributed by atoms with E-state index in [2.05, 4.69) is 0 Å². The number of hydrogen-bond donors (Lipinski definition) is 1. The third-order valence-electron chi connectivity index (χ3n) is 5.53. The van der Waals surface area contributed by atoms with Crippen LogP contribution in [0.4, 0.5) is 9.59 Å². The van der Waals surface area contributed by atoms with Crippen molar-refractivity contribution in [1.29, 1.82) is 0 Å². The van der Waals surface area contributed by atoms with Crippen LogP contribution in [0.25, 0.3) is 0 Å². The van der Waals surface area contributed by atoms with Gasteiger partial charge in [-0.2, -0.15) is 0 Å². The molecule has 0 atom stereocenters. The third-order valence-corrected chi connectivity index (χ3v) is 5.53. The second-order valence-electron chi connectivity index (χ2n) is 8.89. The van der Waals surface area contributed by atoms with E-state index in [9.17, 15) is 19.5 Å². The van der Waals surface area contributed by atoms with E-state index in [0.717, 1.165) is 10.5 Å². The van der Waals surface area contributed by atoms with Crippen LogP contribution in [0.1, 0.15) is 52.0 Å². The van der Waals surface area contributed by atoms with Gasteiger partial charge in [0.25, 0.3) is 5.91 Å². The Labute approximate surface area is 176 Å². The SMILES string of the molecule is CC(C)(C)OC(=O)N1CCN(C(=O)OCc2ccccc2)C2(CCC(O)CC2)C1=O. The van der Waals surface area contributed by atoms with Crippen LogP contribution >= 0.6 is 0 Å². The molecule has 3 amide bonds. The topological polar surface area (TPSA) is 96.4 Å². The molecular weight excluding hydrogens is 388 g/mol. The number of nitrogens with zero attached hydrogens (tertiary/aromatic N) is 2. The van der Waals surface area contributed by atoms with E-state index in [4.69, 9.17) is 9.47 Å². The summed E-state index contributed by atoms with van der Waals surface area (Å²) in [5, 5.41) is 9.96. The van der Waals surface area contributed by atoms with Crippen LogP contribution in [0.5, 0.6) is 0 Å². The van der Waals surface area contributed by atoms with Crippen LogP contribution in [-0.4, -0.2) is 63.3 Å². The van der Waals surface area contributed by atoms with Gasteiger partial charge in [0.2, 0.25) is 0 Å². The maximum Gasteiger partial charge on any atom is 0.417 e. The van der Waals surface area contributed by atoms with Gasteiger partial charge in [-0.15, -0.1) is 0 Å². The fourth-order valence-electron chi connectivity index (χ4n) is 4.00. The lowest BCUT2D eigenvalue weighted by Crippen LogP contribution is -2.69. The molecular formula is C22H30N2O6. The largest absolute Gasteiger partial charge is 0.445 e. The van der Waals surface area contributed by atoms with Crippen LogP contribution in [0.3, 0.4) is 0 Å². The van der Waals surface area contributed by atoms with E-state index in [0.29, 0.717) is 12.8 Å². The van der Waals surface area contributed by atoms with E-state index in [1.165, 1.54) is 4.90 Å². The summed E-state index contributed by atoms with van der Waals surface area (Å²) in [4.78, 5) is 41.5. The Hall–Kier alpha value is -2.61. The first-order valence-corrected chi connectivity index (χ1v) is 10.3. The van der Waals surface area contributed by atoms with E-state index in [-0.39, 0.29) is 32.5 Å². The number of imide groups is 1. The highest BCUT2D eigenvalue weighted by molar-refractivity contribution is 6.00. The molecule has 0 radical (unpaired) electrons. The predicted octanol–water partition coefficient (Wildman–Crippen LogP) is 3.08. The van der Waals surface area contributed by atoms with E-state index in [1.807, 2.05) is 30.3 Å². The Balaban J connectivity index is 1.79. The Morgan fingerprint density at radius 2 is 1.73 bits per heavy atom. The maximum atomic E-state index is 13.4. The summed E-state index contributed by atoms with van der Waals surface area (Å²) in [6, 6.07) is 9.30. The zero-order valence-electron chi connectivity index (χ0n) is 17.8. The lowest BCUT2D eigenvalue weighted by Gasteiger charge is -2.50. The van der Waals surface area contributed by atoms with Crippen molar-refractivity contribution in [3.05, 3.63) is 35.9 Å². The molecule has 1 aromatic carbocycles. The lowest BCUT2D eigenvalue weighted by molar-refractivity contribution is -0.152. The monoisotopic (exact) mass is 418 g/mol. The van der Waals surface area contributed by atoms with Crippen LogP contribution in [0, 0.1) is 0 Å². The number of hydrogen-bond acceptors (Lipinski definition) is 6. The molecule has 8 heteroatoms. The van der Waals surface area contributed by atoms with Crippen LogP contribution in [0.15, 0.2) is 30.3 Å². The normalized spacial score (nSPS) is 24.7. The highest BCUT2D eigenvalue weighted by Crippen LogP contribution is 2.38. The standard InChI is InChI=1S/C22H30N2O6/c1-21(2,3)30-19(27)23-13-14-24(20(28)29-15-16-7-5-4-6-8-16)22(18(23)26)11-9-17(25)10-12-22/h4-8,17,25H,9-15H2,1-3H3. The van der Waals surface area contributed by atoms with Gasteiger partial charge in [0.1, 0.15) is 17.7 Å². The Bertz CT molecular complexity index is 781. The molecule has 8 nitrogen and oxygen atoms in total. The molecule has 1 aliphatic heterocycles. The molecule has 1 aromatic rings. The highest BCUT2D eigenvalue weighted by atomic mass is 16.6. The van der Waals surface area contributed by atoms with Crippen LogP contribution in [-0.2, 0) is 20.9 Å². The molecule has 0 unspecified atom stereocenters. The molecule has 0 aromatic heterocycles. The van der Waals surface area contributed by atoms with Gasteiger partial charge in [-0.25, -0.2) is 14.5 Å². The van der Waals surface area contributed by atoms with Gasteiger partial charge in [-0.1, -0.05) is 30.3 Å². The van der Waals surface area contributed by atoms with Gasteiger partial charge in [0.05, 0.1) is 6.10 Å². The van der Waals surface area contributed by atoms with Gasteiger partial charge in [-0.05, 0) is 52.0 Å². The number of amides is 3. The van der Waals surface area contributed by atoms with E-state index < -0.39 is 35.3 Å². The first kappa shape index (κ1) is 22.1. The quantitative estimate of drug-likeness (QED) is 0.793. The van der Waals surface area contributed by atoms with Crippen molar-refractivity contribution in [2.75, 3.05) is 13.1 Å². The summed E-state index contributed by atoms with van der Waals surface area (Å²) in [6.07, 6.45) is -0.545. The molecule has 3 rings (SSSR count). The van der Waals surface area contributed by atoms with Gasteiger partial charge in [0.15, 0.2) is 0 Å². The molecule has 1 saturated heterocycles. The minimum absolute atomic E-state index is 0.0402. The minimum atomic E-state index is -1.21. The zero-order valence-corrected chi connectivity index (χ0v) is 17.8. The van der Waals surface area contributed by atoms with E-state index in [1.54, 1.807) is 20.8 Å². The number of aliphatic hydroxyl groups excluding tert-OH is 1. The molecule has 30 heavy (non-hydrogen) atoms. The van der Waals surface area contributed by atoms with Crippen LogP contribution in [0.2, 0.25) is 0 Å². The van der Waals surface area contributed by atoms with Gasteiger partial charge in [-0.3, -0.25) is 9.69 Å². The van der Waals surface area contributed by atoms with Crippen molar-refractivity contribution in [1.82, 2.24) is 9.80 Å². The maximum absolute atomic E-state index is 13.4. The number of rotatable bonds is 2. The van der Waals surface area contributed by atoms with Crippen LogP contribution < -0.4 is 0 Å². The summed E-state index contributed by atoms with van der Waals surface area (Å²) in [5.74, 6) is -0.466. The Kier molecular flexibility index (Phi) is 6.36. The summed E-state index contributed by atoms with van der Waals surface area (Å²) < 4.78 is 10.9. The number of ether oxygens (including phenoxy) is 2. The molecule has 0 bridgehead atoms. The molecule has 1 saturated carbocycles. The third kappa shape index (κ3) is 4.75. The van der Waals surface area contributed by atoms with Crippen molar-refractivity contribution in [2.24, 2.45) is 0 Å². The Morgan fingerprint density at radius 1 is 1.10 bits per heavy atom. The predicted molar refractivity (Wildman–Crippen MR) is 108 cm³/mol. The number of piperazine rings is 1. The molecule has 1 spiro atoms. The van der Waals surface area contributed by atoms with Crippen molar-refractivity contribution in [2.45, 2.75) is 70.3 Å². The summed E-state index contributed by atoms with van der Waals surface area (Å²) in [6.45, 7) is 5.50. The van der Waals surface area contributed by atoms with Crippen molar-refractivity contribution in [3.8, 4) is 0 Å². The summed E-state index contributed by atoms with van der Waals surface area (Å²) >= 11 is 0. The second-order valence-corrected chi connectivity index (χ2v) is 8.89. The smallest absolute Gasteiger partial charge is 0.417 e. The van der Waals surface area contributed by atoms with Crippen molar-refractivity contribution < 1.29 is 29.0 Å². The molecule has 1 N–H and O–H groups in total. The molecule has 2 fully saturated rings.